The van der Waals surface area contributed by atoms with Gasteiger partial charge < -0.3 is 9.64 Å². The molecule has 0 atom stereocenters. The second-order valence-electron chi connectivity index (χ2n) is 5.74. The highest BCUT2D eigenvalue weighted by Gasteiger charge is 2.21. The zero-order valence-corrected chi connectivity index (χ0v) is 13.3. The Kier molecular flexibility index (Phi) is 4.41. The van der Waals surface area contributed by atoms with E-state index in [9.17, 15) is 4.79 Å². The Balaban J connectivity index is 1.69. The zero-order valence-electron chi connectivity index (χ0n) is 13.3. The van der Waals surface area contributed by atoms with Crippen molar-refractivity contribution in [3.8, 4) is 5.69 Å². The van der Waals surface area contributed by atoms with Crippen LogP contribution in [0.15, 0.2) is 42.6 Å². The Morgan fingerprint density at radius 1 is 1.26 bits per heavy atom. The van der Waals surface area contributed by atoms with Gasteiger partial charge in [0.05, 0.1) is 18.0 Å². The topological polar surface area (TPSA) is 60.2 Å². The molecule has 120 valence electrons. The first-order valence-corrected chi connectivity index (χ1v) is 7.76. The number of benzene rings is 1. The van der Waals surface area contributed by atoms with E-state index in [2.05, 4.69) is 10.3 Å². The van der Waals surface area contributed by atoms with Crippen molar-refractivity contribution in [1.29, 1.82) is 0 Å². The number of carbonyl (C=O) groups is 1. The zero-order chi connectivity index (χ0) is 16.2. The number of ether oxygens (including phenoxy) is 1. The molecule has 3 rings (SSSR count). The molecule has 2 aromatic rings. The molecule has 0 saturated carbocycles. The minimum Gasteiger partial charge on any atom is -0.447 e. The number of rotatable bonds is 3. The number of nitrogens with zero attached hydrogens (tertiary/aromatic N) is 4. The van der Waals surface area contributed by atoms with Gasteiger partial charge in [0.15, 0.2) is 0 Å². The molecule has 0 bridgehead atoms. The third-order valence-electron chi connectivity index (χ3n) is 3.65. The second-order valence-corrected chi connectivity index (χ2v) is 5.74. The van der Waals surface area contributed by atoms with E-state index in [1.54, 1.807) is 9.58 Å². The molecule has 23 heavy (non-hydrogen) atoms. The molecule has 0 unspecified atom stereocenters. The SMILES string of the molecule is CC(C)OC(=O)N1CC=C(c2cn(-c3ccccc3)nn2)CC1. The first kappa shape index (κ1) is 15.3. The lowest BCUT2D eigenvalue weighted by Gasteiger charge is -2.26. The predicted molar refractivity (Wildman–Crippen MR) is 87.1 cm³/mol. The summed E-state index contributed by atoms with van der Waals surface area (Å²) in [5.74, 6) is 0. The summed E-state index contributed by atoms with van der Waals surface area (Å²) in [5.41, 5.74) is 2.94. The fraction of sp³-hybridized carbons (Fsp3) is 0.353. The lowest BCUT2D eigenvalue weighted by Crippen LogP contribution is -2.36. The summed E-state index contributed by atoms with van der Waals surface area (Å²) in [4.78, 5) is 13.6. The van der Waals surface area contributed by atoms with Gasteiger partial charge >= 0.3 is 6.09 Å². The summed E-state index contributed by atoms with van der Waals surface area (Å²) in [6, 6.07) is 9.87. The maximum absolute atomic E-state index is 11.9. The fourth-order valence-corrected chi connectivity index (χ4v) is 2.46. The Bertz CT molecular complexity index is 706. The van der Waals surface area contributed by atoms with Crippen molar-refractivity contribution >= 4 is 11.7 Å². The number of para-hydroxylation sites is 1. The smallest absolute Gasteiger partial charge is 0.410 e. The third kappa shape index (κ3) is 3.59. The highest BCUT2D eigenvalue weighted by molar-refractivity contribution is 5.71. The molecule has 0 radical (unpaired) electrons. The maximum atomic E-state index is 11.9. The van der Waals surface area contributed by atoms with Gasteiger partial charge in [0.1, 0.15) is 5.69 Å². The maximum Gasteiger partial charge on any atom is 0.410 e. The van der Waals surface area contributed by atoms with Crippen LogP contribution in [0.2, 0.25) is 0 Å². The number of carbonyl (C=O) groups excluding carboxylic acids is 1. The number of hydrogen-bond acceptors (Lipinski definition) is 4. The van der Waals surface area contributed by atoms with Crippen LogP contribution in [-0.2, 0) is 4.74 Å². The quantitative estimate of drug-likeness (QED) is 0.874. The summed E-state index contributed by atoms with van der Waals surface area (Å²) in [6.07, 6.45) is 4.33. The van der Waals surface area contributed by atoms with E-state index in [4.69, 9.17) is 4.74 Å². The van der Waals surface area contributed by atoms with Crippen molar-refractivity contribution in [1.82, 2.24) is 19.9 Å². The van der Waals surface area contributed by atoms with Gasteiger partial charge in [-0.25, -0.2) is 9.48 Å². The summed E-state index contributed by atoms with van der Waals surface area (Å²) in [7, 11) is 0. The van der Waals surface area contributed by atoms with Gasteiger partial charge in [-0.2, -0.15) is 0 Å². The summed E-state index contributed by atoms with van der Waals surface area (Å²) < 4.78 is 6.98. The van der Waals surface area contributed by atoms with E-state index in [1.165, 1.54) is 0 Å². The Labute approximate surface area is 135 Å². The van der Waals surface area contributed by atoms with Crippen molar-refractivity contribution in [2.75, 3.05) is 13.1 Å². The average Bonchev–Trinajstić information content (AvgIpc) is 3.05. The van der Waals surface area contributed by atoms with E-state index in [1.807, 2.05) is 56.5 Å². The minimum absolute atomic E-state index is 0.0985. The molecule has 6 nitrogen and oxygen atoms in total. The van der Waals surface area contributed by atoms with Crippen molar-refractivity contribution in [3.63, 3.8) is 0 Å². The summed E-state index contributed by atoms with van der Waals surface area (Å²) >= 11 is 0. The molecule has 1 aromatic carbocycles. The largest absolute Gasteiger partial charge is 0.447 e. The molecule has 0 N–H and O–H groups in total. The molecular weight excluding hydrogens is 292 g/mol. The molecule has 2 heterocycles. The first-order valence-electron chi connectivity index (χ1n) is 7.76. The third-order valence-corrected chi connectivity index (χ3v) is 3.65. The van der Waals surface area contributed by atoms with E-state index < -0.39 is 0 Å². The molecule has 0 aliphatic carbocycles. The van der Waals surface area contributed by atoms with Crippen LogP contribution in [0, 0.1) is 0 Å². The molecule has 0 saturated heterocycles. The normalized spacial score (nSPS) is 14.7. The van der Waals surface area contributed by atoms with Gasteiger partial charge in [0.2, 0.25) is 0 Å². The van der Waals surface area contributed by atoms with Gasteiger partial charge in [0, 0.05) is 13.1 Å². The van der Waals surface area contributed by atoms with Gasteiger partial charge in [0.25, 0.3) is 0 Å². The van der Waals surface area contributed by atoms with E-state index >= 15 is 0 Å². The highest BCUT2D eigenvalue weighted by Crippen LogP contribution is 2.21. The molecule has 1 amide bonds. The minimum atomic E-state index is -0.261. The van der Waals surface area contributed by atoms with Gasteiger partial charge in [-0.3, -0.25) is 0 Å². The van der Waals surface area contributed by atoms with Crippen LogP contribution in [0.5, 0.6) is 0 Å². The lowest BCUT2D eigenvalue weighted by atomic mass is 10.1. The Hall–Kier alpha value is -2.63. The summed E-state index contributed by atoms with van der Waals surface area (Å²) in [6.45, 7) is 4.88. The van der Waals surface area contributed by atoms with Crippen molar-refractivity contribution in [2.45, 2.75) is 26.4 Å². The summed E-state index contributed by atoms with van der Waals surface area (Å²) in [5, 5.41) is 8.42. The molecule has 1 aromatic heterocycles. The van der Waals surface area contributed by atoms with E-state index in [0.717, 1.165) is 23.4 Å². The Morgan fingerprint density at radius 3 is 2.70 bits per heavy atom. The highest BCUT2D eigenvalue weighted by atomic mass is 16.6. The van der Waals surface area contributed by atoms with Crippen molar-refractivity contribution in [2.24, 2.45) is 0 Å². The monoisotopic (exact) mass is 312 g/mol. The van der Waals surface area contributed by atoms with E-state index in [-0.39, 0.29) is 12.2 Å². The molecule has 0 spiro atoms. The van der Waals surface area contributed by atoms with Crippen LogP contribution in [0.25, 0.3) is 11.3 Å². The molecule has 0 fully saturated rings. The number of aromatic nitrogens is 3. The van der Waals surface area contributed by atoms with Crippen LogP contribution in [0.3, 0.4) is 0 Å². The molecule has 1 aliphatic heterocycles. The van der Waals surface area contributed by atoms with Crippen LogP contribution in [0.4, 0.5) is 4.79 Å². The van der Waals surface area contributed by atoms with Crippen LogP contribution < -0.4 is 0 Å². The first-order chi connectivity index (χ1) is 11.1. The van der Waals surface area contributed by atoms with Crippen molar-refractivity contribution < 1.29 is 9.53 Å². The van der Waals surface area contributed by atoms with Gasteiger partial charge in [-0.15, -0.1) is 5.10 Å². The van der Waals surface area contributed by atoms with Crippen molar-refractivity contribution in [3.05, 3.63) is 48.3 Å². The van der Waals surface area contributed by atoms with Gasteiger partial charge in [-0.05, 0) is 38.0 Å². The van der Waals surface area contributed by atoms with Crippen LogP contribution >= 0.6 is 0 Å². The van der Waals surface area contributed by atoms with Crippen LogP contribution in [-0.4, -0.2) is 45.2 Å². The molecule has 6 heteroatoms. The average molecular weight is 312 g/mol. The Morgan fingerprint density at radius 2 is 2.04 bits per heavy atom. The number of amides is 1. The predicted octanol–water partition coefficient (Wildman–Crippen LogP) is 2.90. The fourth-order valence-electron chi connectivity index (χ4n) is 2.46. The number of hydrogen-bond donors (Lipinski definition) is 0. The lowest BCUT2D eigenvalue weighted by molar-refractivity contribution is 0.0799. The standard InChI is InChI=1S/C17H20N4O2/c1-13(2)23-17(22)20-10-8-14(9-11-20)16-12-21(19-18-16)15-6-4-3-5-7-15/h3-8,12-13H,9-11H2,1-2H3. The van der Waals surface area contributed by atoms with Gasteiger partial charge in [-0.1, -0.05) is 29.5 Å². The second kappa shape index (κ2) is 6.64. The molecule has 1 aliphatic rings. The van der Waals surface area contributed by atoms with Crippen LogP contribution in [0.1, 0.15) is 26.0 Å². The molecular formula is C17H20N4O2. The van der Waals surface area contributed by atoms with E-state index in [0.29, 0.717) is 13.1 Å².